The van der Waals surface area contributed by atoms with Crippen LogP contribution >= 0.6 is 0 Å². The predicted octanol–water partition coefficient (Wildman–Crippen LogP) is 3.23. The Morgan fingerprint density at radius 1 is 0.933 bits per heavy atom. The molecule has 0 spiro atoms. The van der Waals surface area contributed by atoms with E-state index in [-0.39, 0.29) is 23.3 Å². The molecule has 1 aliphatic carbocycles. The van der Waals surface area contributed by atoms with Crippen LogP contribution in [0.2, 0.25) is 0 Å². The summed E-state index contributed by atoms with van der Waals surface area (Å²) in [5, 5.41) is 17.1. The molecule has 3 aromatic rings. The van der Waals surface area contributed by atoms with Crippen molar-refractivity contribution in [2.24, 2.45) is 0 Å². The Morgan fingerprint density at radius 3 is 2.47 bits per heavy atom. The average Bonchev–Trinajstić information content (AvgIpc) is 3.57. The van der Waals surface area contributed by atoms with Gasteiger partial charge in [-0.25, -0.2) is 4.79 Å². The molecule has 3 aromatic carbocycles. The molecule has 3 N–H and O–H groups in total. The van der Waals surface area contributed by atoms with Crippen molar-refractivity contribution < 1.29 is 24.2 Å². The molecule has 1 saturated carbocycles. The highest BCUT2D eigenvalue weighted by molar-refractivity contribution is 6.05. The third-order valence-corrected chi connectivity index (χ3v) is 4.81. The van der Waals surface area contributed by atoms with Crippen LogP contribution in [0.25, 0.3) is 10.8 Å². The van der Waals surface area contributed by atoms with E-state index in [0.717, 1.165) is 18.2 Å². The number of nitrogens with one attached hydrogen (secondary N) is 2. The van der Waals surface area contributed by atoms with Crippen LogP contribution < -0.4 is 10.6 Å². The zero-order chi connectivity index (χ0) is 21.1. The standard InChI is InChI=1S/C23H20N2O5/c26-20(25-19-8-4-3-7-17(19)22(28)24-15-10-11-15)13-30-23(29)18-12-9-14-5-1-2-6-16(14)21(18)27/h1-9,12,15,27H,10-11,13H2,(H,24,28)(H,25,26). The highest BCUT2D eigenvalue weighted by atomic mass is 16.5. The third kappa shape index (κ3) is 4.25. The maximum atomic E-state index is 12.3. The van der Waals surface area contributed by atoms with E-state index in [1.165, 1.54) is 6.07 Å². The van der Waals surface area contributed by atoms with Gasteiger partial charge >= 0.3 is 5.97 Å². The minimum absolute atomic E-state index is 0.0225. The average molecular weight is 404 g/mol. The number of phenols is 1. The number of carbonyl (C=O) groups excluding carboxylic acids is 3. The van der Waals surface area contributed by atoms with E-state index in [1.807, 2.05) is 12.1 Å². The van der Waals surface area contributed by atoms with Crippen molar-refractivity contribution in [3.8, 4) is 5.75 Å². The number of anilines is 1. The number of amides is 2. The number of hydrogen-bond acceptors (Lipinski definition) is 5. The molecule has 0 bridgehead atoms. The lowest BCUT2D eigenvalue weighted by Gasteiger charge is -2.12. The Morgan fingerprint density at radius 2 is 1.67 bits per heavy atom. The Hall–Kier alpha value is -3.87. The Kier molecular flexibility index (Phi) is 5.34. The van der Waals surface area contributed by atoms with Crippen LogP contribution in [0.4, 0.5) is 5.69 Å². The number of para-hydroxylation sites is 1. The van der Waals surface area contributed by atoms with Gasteiger partial charge in [0.05, 0.1) is 11.3 Å². The number of ether oxygens (including phenoxy) is 1. The lowest BCUT2D eigenvalue weighted by Crippen LogP contribution is -2.28. The molecular formula is C23H20N2O5. The van der Waals surface area contributed by atoms with E-state index in [2.05, 4.69) is 10.6 Å². The lowest BCUT2D eigenvalue weighted by molar-refractivity contribution is -0.119. The number of rotatable bonds is 6. The summed E-state index contributed by atoms with van der Waals surface area (Å²) >= 11 is 0. The van der Waals surface area contributed by atoms with E-state index in [0.29, 0.717) is 16.6 Å². The van der Waals surface area contributed by atoms with Crippen molar-refractivity contribution in [3.63, 3.8) is 0 Å². The fraction of sp³-hybridized carbons (Fsp3) is 0.174. The van der Waals surface area contributed by atoms with E-state index < -0.39 is 18.5 Å². The molecule has 0 saturated heterocycles. The molecule has 0 heterocycles. The summed E-state index contributed by atoms with van der Waals surface area (Å²) in [7, 11) is 0. The third-order valence-electron chi connectivity index (χ3n) is 4.81. The maximum absolute atomic E-state index is 12.3. The van der Waals surface area contributed by atoms with Gasteiger partial charge in [-0.1, -0.05) is 42.5 Å². The van der Waals surface area contributed by atoms with Gasteiger partial charge in [0, 0.05) is 11.4 Å². The minimum Gasteiger partial charge on any atom is -0.506 e. The predicted molar refractivity (Wildman–Crippen MR) is 111 cm³/mol. The molecular weight excluding hydrogens is 384 g/mol. The number of hydrogen-bond donors (Lipinski definition) is 3. The first-order chi connectivity index (χ1) is 14.5. The number of esters is 1. The fourth-order valence-corrected chi connectivity index (χ4v) is 3.10. The second-order valence-corrected chi connectivity index (χ2v) is 7.10. The van der Waals surface area contributed by atoms with Crippen molar-refractivity contribution in [3.05, 3.63) is 71.8 Å². The summed E-state index contributed by atoms with van der Waals surface area (Å²) in [5.41, 5.74) is 0.659. The van der Waals surface area contributed by atoms with E-state index in [4.69, 9.17) is 4.74 Å². The van der Waals surface area contributed by atoms with Gasteiger partial charge in [-0.05, 0) is 36.4 Å². The molecule has 1 aliphatic rings. The van der Waals surface area contributed by atoms with E-state index >= 15 is 0 Å². The zero-order valence-corrected chi connectivity index (χ0v) is 16.1. The van der Waals surface area contributed by atoms with Crippen LogP contribution in [-0.4, -0.2) is 35.5 Å². The van der Waals surface area contributed by atoms with Crippen LogP contribution in [0, 0.1) is 0 Å². The molecule has 7 heteroatoms. The molecule has 4 rings (SSSR count). The second kappa shape index (κ2) is 8.24. The summed E-state index contributed by atoms with van der Waals surface area (Å²) in [6.45, 7) is -0.552. The SMILES string of the molecule is O=C(COC(=O)c1ccc2ccccc2c1O)Nc1ccccc1C(=O)NC1CC1. The Balaban J connectivity index is 1.40. The number of benzene rings is 3. The first-order valence-electron chi connectivity index (χ1n) is 9.60. The summed E-state index contributed by atoms with van der Waals surface area (Å²) in [6, 6.07) is 17.1. The molecule has 0 radical (unpaired) electrons. The van der Waals surface area contributed by atoms with Crippen molar-refractivity contribution in [2.45, 2.75) is 18.9 Å². The molecule has 0 unspecified atom stereocenters. The smallest absolute Gasteiger partial charge is 0.342 e. The van der Waals surface area contributed by atoms with Gasteiger partial charge in [0.1, 0.15) is 11.3 Å². The zero-order valence-electron chi connectivity index (χ0n) is 16.1. The first kappa shape index (κ1) is 19.4. The van der Waals surface area contributed by atoms with Gasteiger partial charge < -0.3 is 20.5 Å². The van der Waals surface area contributed by atoms with Crippen LogP contribution in [-0.2, 0) is 9.53 Å². The first-order valence-corrected chi connectivity index (χ1v) is 9.60. The molecule has 0 atom stereocenters. The Bertz CT molecular complexity index is 1140. The summed E-state index contributed by atoms with van der Waals surface area (Å²) in [6.07, 6.45) is 1.91. The number of fused-ring (bicyclic) bond motifs is 1. The second-order valence-electron chi connectivity index (χ2n) is 7.10. The van der Waals surface area contributed by atoms with E-state index in [9.17, 15) is 19.5 Å². The molecule has 152 valence electrons. The quantitative estimate of drug-likeness (QED) is 0.547. The lowest BCUT2D eigenvalue weighted by atomic mass is 10.1. The minimum atomic E-state index is -0.812. The molecule has 0 aliphatic heterocycles. The topological polar surface area (TPSA) is 105 Å². The van der Waals surface area contributed by atoms with E-state index in [1.54, 1.807) is 42.5 Å². The molecule has 30 heavy (non-hydrogen) atoms. The van der Waals surface area contributed by atoms with Crippen LogP contribution in [0.3, 0.4) is 0 Å². The van der Waals surface area contributed by atoms with Gasteiger partial charge in [-0.3, -0.25) is 9.59 Å². The highest BCUT2D eigenvalue weighted by Crippen LogP contribution is 2.29. The van der Waals surface area contributed by atoms with Crippen molar-refractivity contribution >= 4 is 34.2 Å². The number of carbonyl (C=O) groups is 3. The van der Waals surface area contributed by atoms with Crippen molar-refractivity contribution in [1.29, 1.82) is 0 Å². The highest BCUT2D eigenvalue weighted by Gasteiger charge is 2.25. The molecule has 0 aromatic heterocycles. The summed E-state index contributed by atoms with van der Waals surface area (Å²) in [5.74, 6) is -1.85. The fourth-order valence-electron chi connectivity index (χ4n) is 3.10. The van der Waals surface area contributed by atoms with Crippen molar-refractivity contribution in [1.82, 2.24) is 5.32 Å². The van der Waals surface area contributed by atoms with Gasteiger partial charge in [-0.15, -0.1) is 0 Å². The van der Waals surface area contributed by atoms with Gasteiger partial charge in [-0.2, -0.15) is 0 Å². The molecule has 7 nitrogen and oxygen atoms in total. The largest absolute Gasteiger partial charge is 0.506 e. The summed E-state index contributed by atoms with van der Waals surface area (Å²) < 4.78 is 5.06. The monoisotopic (exact) mass is 404 g/mol. The Labute approximate surface area is 172 Å². The number of phenolic OH excluding ortho intramolecular Hbond substituents is 1. The normalized spacial score (nSPS) is 12.9. The van der Waals surface area contributed by atoms with Gasteiger partial charge in [0.15, 0.2) is 6.61 Å². The maximum Gasteiger partial charge on any atom is 0.342 e. The van der Waals surface area contributed by atoms with Gasteiger partial charge in [0.25, 0.3) is 11.8 Å². The molecule has 1 fully saturated rings. The van der Waals surface area contributed by atoms with Crippen LogP contribution in [0.1, 0.15) is 33.6 Å². The van der Waals surface area contributed by atoms with Gasteiger partial charge in [0.2, 0.25) is 0 Å². The van der Waals surface area contributed by atoms with Crippen LogP contribution in [0.15, 0.2) is 60.7 Å². The summed E-state index contributed by atoms with van der Waals surface area (Å²) in [4.78, 5) is 36.9. The molecule has 2 amide bonds. The number of aromatic hydroxyl groups is 1. The van der Waals surface area contributed by atoms with Crippen LogP contribution in [0.5, 0.6) is 5.75 Å². The van der Waals surface area contributed by atoms with Crippen molar-refractivity contribution in [2.75, 3.05) is 11.9 Å².